The van der Waals surface area contributed by atoms with Gasteiger partial charge in [0.25, 0.3) is 0 Å². The van der Waals surface area contributed by atoms with E-state index in [9.17, 15) is 19.6 Å². The summed E-state index contributed by atoms with van der Waals surface area (Å²) < 4.78 is 9.99. The Morgan fingerprint density at radius 1 is 1.19 bits per heavy atom. The van der Waals surface area contributed by atoms with Crippen LogP contribution in [0.1, 0.15) is 33.1 Å². The molecule has 2 saturated heterocycles. The predicted molar refractivity (Wildman–Crippen MR) is 95.4 cm³/mol. The fraction of sp³-hybridized carbons (Fsp3) is 0.778. The van der Waals surface area contributed by atoms with Gasteiger partial charge in [0.15, 0.2) is 0 Å². The first-order valence-electron chi connectivity index (χ1n) is 9.48. The van der Waals surface area contributed by atoms with Crippen LogP contribution in [0.5, 0.6) is 0 Å². The zero-order chi connectivity index (χ0) is 19.8. The topological polar surface area (TPSA) is 112 Å². The van der Waals surface area contributed by atoms with E-state index in [0.29, 0.717) is 25.9 Å². The van der Waals surface area contributed by atoms with Crippen molar-refractivity contribution >= 4 is 17.8 Å². The average Bonchev–Trinajstić information content (AvgIpc) is 3.30. The quantitative estimate of drug-likeness (QED) is 0.569. The molecule has 150 valence electrons. The van der Waals surface area contributed by atoms with Crippen LogP contribution in [0.25, 0.3) is 0 Å². The molecule has 3 atom stereocenters. The zero-order valence-corrected chi connectivity index (χ0v) is 16.0. The summed E-state index contributed by atoms with van der Waals surface area (Å²) >= 11 is 0. The molecule has 27 heavy (non-hydrogen) atoms. The molecule has 9 nitrogen and oxygen atoms in total. The lowest BCUT2D eigenvalue weighted by Crippen LogP contribution is -2.45. The Balaban J connectivity index is 1.99. The van der Waals surface area contributed by atoms with E-state index >= 15 is 0 Å². The van der Waals surface area contributed by atoms with Crippen molar-refractivity contribution in [2.24, 2.45) is 0 Å². The summed E-state index contributed by atoms with van der Waals surface area (Å²) in [5, 5.41) is 12.4. The minimum atomic E-state index is -0.421. The molecule has 0 bridgehead atoms. The summed E-state index contributed by atoms with van der Waals surface area (Å²) in [6.07, 6.45) is 2.00. The Labute approximate surface area is 159 Å². The highest BCUT2D eigenvalue weighted by Crippen LogP contribution is 2.22. The highest BCUT2D eigenvalue weighted by molar-refractivity contribution is 5.83. The van der Waals surface area contributed by atoms with Gasteiger partial charge in [-0.05, 0) is 33.1 Å². The molecule has 0 radical (unpaired) electrons. The van der Waals surface area contributed by atoms with Crippen molar-refractivity contribution in [3.05, 3.63) is 0 Å². The lowest BCUT2D eigenvalue weighted by molar-refractivity contribution is -0.149. The summed E-state index contributed by atoms with van der Waals surface area (Å²) in [4.78, 5) is 39.9. The Morgan fingerprint density at radius 3 is 2.37 bits per heavy atom. The molecule has 0 spiro atoms. The van der Waals surface area contributed by atoms with Crippen LogP contribution in [0.4, 0.5) is 0 Å². The summed E-state index contributed by atoms with van der Waals surface area (Å²) in [5.74, 6) is -0.921. The molecule has 0 aromatic rings. The SMILES string of the molecule is CCOC(=O)CN(CC(=O)OCC)[C@@H]1CN[C@H](C(=O)N2CCCC2C#N)C1. The van der Waals surface area contributed by atoms with Crippen LogP contribution >= 0.6 is 0 Å². The minimum Gasteiger partial charge on any atom is -0.465 e. The van der Waals surface area contributed by atoms with Crippen molar-refractivity contribution in [2.75, 3.05) is 39.4 Å². The van der Waals surface area contributed by atoms with Crippen LogP contribution in [-0.2, 0) is 23.9 Å². The third kappa shape index (κ3) is 5.65. The highest BCUT2D eigenvalue weighted by Gasteiger charge is 2.39. The lowest BCUT2D eigenvalue weighted by atomic mass is 10.1. The van der Waals surface area contributed by atoms with Gasteiger partial charge in [-0.1, -0.05) is 0 Å². The van der Waals surface area contributed by atoms with E-state index in [2.05, 4.69) is 11.4 Å². The predicted octanol–water partition coefficient (Wildman–Crippen LogP) is -0.340. The number of nitrogens with zero attached hydrogens (tertiary/aromatic N) is 3. The molecule has 2 aliphatic rings. The first-order valence-corrected chi connectivity index (χ1v) is 9.48. The largest absolute Gasteiger partial charge is 0.465 e. The summed E-state index contributed by atoms with van der Waals surface area (Å²) in [6.45, 7) is 4.97. The number of hydrogen-bond donors (Lipinski definition) is 1. The summed E-state index contributed by atoms with van der Waals surface area (Å²) in [7, 11) is 0. The van der Waals surface area contributed by atoms with Gasteiger partial charge in [0, 0.05) is 19.1 Å². The number of esters is 2. The van der Waals surface area contributed by atoms with Gasteiger partial charge in [-0.25, -0.2) is 0 Å². The summed E-state index contributed by atoms with van der Waals surface area (Å²) in [6, 6.07) is 1.22. The minimum absolute atomic E-state index is 0.0373. The molecule has 2 fully saturated rings. The van der Waals surface area contributed by atoms with Crippen LogP contribution < -0.4 is 5.32 Å². The molecular formula is C18H28N4O5. The van der Waals surface area contributed by atoms with Crippen LogP contribution in [0.2, 0.25) is 0 Å². The molecular weight excluding hydrogens is 352 g/mol. The third-order valence-electron chi connectivity index (χ3n) is 4.88. The summed E-state index contributed by atoms with van der Waals surface area (Å²) in [5.41, 5.74) is 0. The van der Waals surface area contributed by atoms with E-state index in [1.54, 1.807) is 23.6 Å². The Hall–Kier alpha value is -2.18. The van der Waals surface area contributed by atoms with Gasteiger partial charge in [0.1, 0.15) is 6.04 Å². The van der Waals surface area contributed by atoms with Crippen molar-refractivity contribution in [3.63, 3.8) is 0 Å². The number of carbonyl (C=O) groups excluding carboxylic acids is 3. The fourth-order valence-corrected chi connectivity index (χ4v) is 3.61. The van der Waals surface area contributed by atoms with Gasteiger partial charge < -0.3 is 19.7 Å². The molecule has 0 aliphatic carbocycles. The number of hydrogen-bond acceptors (Lipinski definition) is 8. The third-order valence-corrected chi connectivity index (χ3v) is 4.88. The standard InChI is InChI=1S/C18H28N4O5/c1-3-26-16(23)11-21(12-17(24)27-4-2)14-8-15(20-10-14)18(25)22-7-5-6-13(22)9-19/h13-15,20H,3-8,10-12H2,1-2H3/t13?,14-,15-/m0/s1. The highest BCUT2D eigenvalue weighted by atomic mass is 16.5. The maximum Gasteiger partial charge on any atom is 0.320 e. The van der Waals surface area contributed by atoms with Gasteiger partial charge in [0.05, 0.1) is 38.4 Å². The Bertz CT molecular complexity index is 571. The number of amides is 1. The van der Waals surface area contributed by atoms with Gasteiger partial charge in [-0.2, -0.15) is 5.26 Å². The van der Waals surface area contributed by atoms with Crippen LogP contribution in [0, 0.1) is 11.3 Å². The normalized spacial score (nSPS) is 24.7. The maximum atomic E-state index is 12.7. The van der Waals surface area contributed by atoms with E-state index in [1.807, 2.05) is 0 Å². The maximum absolute atomic E-state index is 12.7. The molecule has 9 heteroatoms. The molecule has 0 aromatic heterocycles. The number of nitrogens with one attached hydrogen (secondary N) is 1. The number of likely N-dealkylation sites (tertiary alicyclic amines) is 1. The number of rotatable bonds is 8. The van der Waals surface area contributed by atoms with E-state index in [0.717, 1.165) is 6.42 Å². The average molecular weight is 380 g/mol. The molecule has 0 aromatic carbocycles. The van der Waals surface area contributed by atoms with Crippen LogP contribution in [0.3, 0.4) is 0 Å². The van der Waals surface area contributed by atoms with E-state index in [1.165, 1.54) is 0 Å². The van der Waals surface area contributed by atoms with Crippen molar-refractivity contribution in [1.29, 1.82) is 5.26 Å². The van der Waals surface area contributed by atoms with E-state index in [-0.39, 0.29) is 44.3 Å². The van der Waals surface area contributed by atoms with Crippen molar-refractivity contribution < 1.29 is 23.9 Å². The number of ether oxygens (including phenoxy) is 2. The fourth-order valence-electron chi connectivity index (χ4n) is 3.61. The van der Waals surface area contributed by atoms with Gasteiger partial charge >= 0.3 is 11.9 Å². The van der Waals surface area contributed by atoms with Crippen molar-refractivity contribution in [3.8, 4) is 6.07 Å². The molecule has 0 saturated carbocycles. The molecule has 2 heterocycles. The van der Waals surface area contributed by atoms with Gasteiger partial charge in [0.2, 0.25) is 5.91 Å². The number of carbonyl (C=O) groups is 3. The second kappa shape index (κ2) is 10.2. The van der Waals surface area contributed by atoms with E-state index in [4.69, 9.17) is 9.47 Å². The second-order valence-corrected chi connectivity index (χ2v) is 6.68. The first-order chi connectivity index (χ1) is 13.0. The van der Waals surface area contributed by atoms with Crippen molar-refractivity contribution in [2.45, 2.75) is 51.2 Å². The lowest BCUT2D eigenvalue weighted by Gasteiger charge is -2.27. The number of nitriles is 1. The molecule has 1 N–H and O–H groups in total. The molecule has 1 unspecified atom stereocenters. The van der Waals surface area contributed by atoms with Crippen LogP contribution in [0.15, 0.2) is 0 Å². The zero-order valence-electron chi connectivity index (χ0n) is 16.0. The Kier molecular flexibility index (Phi) is 8.00. The van der Waals surface area contributed by atoms with E-state index < -0.39 is 18.0 Å². The Morgan fingerprint density at radius 2 is 1.81 bits per heavy atom. The molecule has 1 amide bonds. The first kappa shape index (κ1) is 21.1. The van der Waals surface area contributed by atoms with Gasteiger partial charge in [-0.3, -0.25) is 19.3 Å². The molecule has 2 aliphatic heterocycles. The van der Waals surface area contributed by atoms with Crippen molar-refractivity contribution in [1.82, 2.24) is 15.1 Å². The van der Waals surface area contributed by atoms with Gasteiger partial charge in [-0.15, -0.1) is 0 Å². The smallest absolute Gasteiger partial charge is 0.320 e. The molecule has 2 rings (SSSR count). The monoisotopic (exact) mass is 380 g/mol. The second-order valence-electron chi connectivity index (χ2n) is 6.68. The van der Waals surface area contributed by atoms with Crippen LogP contribution in [-0.4, -0.2) is 85.2 Å².